The van der Waals surface area contributed by atoms with Gasteiger partial charge in [-0.3, -0.25) is 0 Å². The van der Waals surface area contributed by atoms with Gasteiger partial charge in [0.1, 0.15) is 0 Å². The zero-order valence-electron chi connectivity index (χ0n) is 9.09. The molecule has 0 amide bonds. The smallest absolute Gasteiger partial charge is 0.0955 e. The van der Waals surface area contributed by atoms with Crippen LogP contribution in [0, 0.1) is 0 Å². The van der Waals surface area contributed by atoms with Crippen molar-refractivity contribution in [3.63, 3.8) is 0 Å². The molecule has 0 aromatic rings. The topological polar surface area (TPSA) is 27.7 Å². The van der Waals surface area contributed by atoms with Gasteiger partial charge in [-0.15, -0.1) is 0 Å². The Morgan fingerprint density at radius 2 is 2.14 bits per heavy atom. The first-order valence-corrected chi connectivity index (χ1v) is 5.85. The fourth-order valence-electron chi connectivity index (χ4n) is 1.22. The molecule has 0 radical (unpaired) electrons. The van der Waals surface area contributed by atoms with Crippen LogP contribution in [-0.2, 0) is 14.2 Å². The van der Waals surface area contributed by atoms with Crippen LogP contribution in [0.2, 0.25) is 0 Å². The van der Waals surface area contributed by atoms with Gasteiger partial charge in [0, 0.05) is 13.7 Å². The predicted molar refractivity (Wildman–Crippen MR) is 59.0 cm³/mol. The number of alkyl halides is 1. The second kappa shape index (κ2) is 5.45. The van der Waals surface area contributed by atoms with E-state index in [4.69, 9.17) is 14.2 Å². The molecule has 3 nitrogen and oxygen atoms in total. The number of halogens is 1. The van der Waals surface area contributed by atoms with Crippen LogP contribution in [0.15, 0.2) is 0 Å². The molecule has 2 unspecified atom stereocenters. The maximum Gasteiger partial charge on any atom is 0.0955 e. The Hall–Kier alpha value is 0.360. The Kier molecular flexibility index (Phi) is 4.83. The zero-order valence-corrected chi connectivity index (χ0v) is 10.7. The van der Waals surface area contributed by atoms with Crippen LogP contribution in [0.25, 0.3) is 0 Å². The first-order valence-electron chi connectivity index (χ1n) is 4.94. The van der Waals surface area contributed by atoms with Crippen LogP contribution in [0.5, 0.6) is 0 Å². The van der Waals surface area contributed by atoms with Gasteiger partial charge in [-0.2, -0.15) is 0 Å². The summed E-state index contributed by atoms with van der Waals surface area (Å²) in [5, 5.41) is 0. The summed E-state index contributed by atoms with van der Waals surface area (Å²) in [4.78, 5) is 0.341. The molecule has 4 heteroatoms. The Balaban J connectivity index is 2.15. The average molecular weight is 267 g/mol. The largest absolute Gasteiger partial charge is 0.379 e. The standard InChI is InChI=1S/C10H19BrO3/c1-10(2,12-3)4-5-14-9-7-13-6-8(9)11/h8-9H,4-7H2,1-3H3. The highest BCUT2D eigenvalue weighted by Gasteiger charge is 2.27. The molecule has 0 N–H and O–H groups in total. The van der Waals surface area contributed by atoms with Gasteiger partial charge in [0.25, 0.3) is 0 Å². The molecule has 1 aliphatic rings. The summed E-state index contributed by atoms with van der Waals surface area (Å²) in [5.74, 6) is 0. The molecule has 0 spiro atoms. The van der Waals surface area contributed by atoms with E-state index in [-0.39, 0.29) is 11.7 Å². The lowest BCUT2D eigenvalue weighted by Gasteiger charge is -2.23. The Labute approximate surface area is 94.2 Å². The van der Waals surface area contributed by atoms with Crippen molar-refractivity contribution in [2.75, 3.05) is 26.9 Å². The minimum atomic E-state index is -0.0960. The molecular formula is C10H19BrO3. The van der Waals surface area contributed by atoms with Gasteiger partial charge in [-0.1, -0.05) is 15.9 Å². The van der Waals surface area contributed by atoms with E-state index in [1.807, 2.05) is 0 Å². The summed E-state index contributed by atoms with van der Waals surface area (Å²) in [6, 6.07) is 0. The fraction of sp³-hybridized carbons (Fsp3) is 1.00. The number of rotatable bonds is 5. The third kappa shape index (κ3) is 3.85. The minimum absolute atomic E-state index is 0.0960. The highest BCUT2D eigenvalue weighted by atomic mass is 79.9. The highest BCUT2D eigenvalue weighted by molar-refractivity contribution is 9.09. The number of ether oxygens (including phenoxy) is 3. The van der Waals surface area contributed by atoms with E-state index in [1.165, 1.54) is 0 Å². The van der Waals surface area contributed by atoms with Gasteiger partial charge in [0.2, 0.25) is 0 Å². The lowest BCUT2D eigenvalue weighted by Crippen LogP contribution is -2.28. The molecule has 1 aliphatic heterocycles. The summed E-state index contributed by atoms with van der Waals surface area (Å²) in [6.07, 6.45) is 1.10. The molecule has 1 fully saturated rings. The monoisotopic (exact) mass is 266 g/mol. The normalized spacial score (nSPS) is 28.3. The van der Waals surface area contributed by atoms with Gasteiger partial charge in [-0.05, 0) is 20.3 Å². The van der Waals surface area contributed by atoms with Crippen LogP contribution in [0.3, 0.4) is 0 Å². The second-order valence-corrected chi connectivity index (χ2v) is 5.35. The average Bonchev–Trinajstić information content (AvgIpc) is 2.52. The molecule has 0 bridgehead atoms. The predicted octanol–water partition coefficient (Wildman–Crippen LogP) is 1.98. The number of methoxy groups -OCH3 is 1. The van der Waals surface area contributed by atoms with Crippen molar-refractivity contribution in [1.82, 2.24) is 0 Å². The summed E-state index contributed by atoms with van der Waals surface area (Å²) >= 11 is 3.52. The van der Waals surface area contributed by atoms with Crippen molar-refractivity contribution in [3.05, 3.63) is 0 Å². The molecule has 84 valence electrons. The Bertz CT molecular complexity index is 173. The van der Waals surface area contributed by atoms with E-state index in [2.05, 4.69) is 29.8 Å². The molecule has 1 heterocycles. The van der Waals surface area contributed by atoms with Crippen LogP contribution < -0.4 is 0 Å². The quantitative estimate of drug-likeness (QED) is 0.713. The van der Waals surface area contributed by atoms with Gasteiger partial charge in [0.05, 0.1) is 29.7 Å². The van der Waals surface area contributed by atoms with Crippen molar-refractivity contribution < 1.29 is 14.2 Å². The minimum Gasteiger partial charge on any atom is -0.379 e. The maximum atomic E-state index is 5.70. The zero-order chi connectivity index (χ0) is 10.6. The third-order valence-corrected chi connectivity index (χ3v) is 3.41. The van der Waals surface area contributed by atoms with Crippen LogP contribution in [-0.4, -0.2) is 43.5 Å². The summed E-state index contributed by atoms with van der Waals surface area (Å²) in [5.41, 5.74) is -0.0960. The van der Waals surface area contributed by atoms with Gasteiger partial charge >= 0.3 is 0 Å². The van der Waals surface area contributed by atoms with E-state index in [0.717, 1.165) is 19.6 Å². The summed E-state index contributed by atoms with van der Waals surface area (Å²) in [7, 11) is 1.73. The molecule has 1 saturated heterocycles. The van der Waals surface area contributed by atoms with Gasteiger partial charge < -0.3 is 14.2 Å². The fourth-order valence-corrected chi connectivity index (χ4v) is 1.71. The number of hydrogen-bond acceptors (Lipinski definition) is 3. The molecular weight excluding hydrogens is 248 g/mol. The van der Waals surface area contributed by atoms with E-state index in [9.17, 15) is 0 Å². The molecule has 0 aromatic carbocycles. The lowest BCUT2D eigenvalue weighted by atomic mass is 10.1. The molecule has 0 saturated carbocycles. The lowest BCUT2D eigenvalue weighted by molar-refractivity contribution is -0.0270. The highest BCUT2D eigenvalue weighted by Crippen LogP contribution is 2.19. The Morgan fingerprint density at radius 1 is 1.43 bits per heavy atom. The Morgan fingerprint density at radius 3 is 2.64 bits per heavy atom. The van der Waals surface area contributed by atoms with Crippen LogP contribution >= 0.6 is 15.9 Å². The van der Waals surface area contributed by atoms with Gasteiger partial charge in [-0.25, -0.2) is 0 Å². The van der Waals surface area contributed by atoms with Crippen molar-refractivity contribution in [1.29, 1.82) is 0 Å². The van der Waals surface area contributed by atoms with Crippen molar-refractivity contribution in [3.8, 4) is 0 Å². The molecule has 0 aromatic heterocycles. The van der Waals surface area contributed by atoms with Crippen LogP contribution in [0.1, 0.15) is 20.3 Å². The summed E-state index contributed by atoms with van der Waals surface area (Å²) < 4.78 is 16.3. The van der Waals surface area contributed by atoms with E-state index in [1.54, 1.807) is 7.11 Å². The SMILES string of the molecule is COC(C)(C)CCOC1COCC1Br. The first-order chi connectivity index (χ1) is 6.55. The maximum absolute atomic E-state index is 5.70. The molecule has 0 aliphatic carbocycles. The molecule has 2 atom stereocenters. The van der Waals surface area contributed by atoms with E-state index < -0.39 is 0 Å². The van der Waals surface area contributed by atoms with E-state index >= 15 is 0 Å². The molecule has 1 rings (SSSR count). The molecule has 14 heavy (non-hydrogen) atoms. The first kappa shape index (κ1) is 12.4. The van der Waals surface area contributed by atoms with Crippen LogP contribution in [0.4, 0.5) is 0 Å². The van der Waals surface area contributed by atoms with Crippen molar-refractivity contribution >= 4 is 15.9 Å². The third-order valence-electron chi connectivity index (χ3n) is 2.55. The summed E-state index contributed by atoms with van der Waals surface area (Å²) in [6.45, 7) is 6.29. The second-order valence-electron chi connectivity index (χ2n) is 4.18. The van der Waals surface area contributed by atoms with Crippen molar-refractivity contribution in [2.24, 2.45) is 0 Å². The van der Waals surface area contributed by atoms with E-state index in [0.29, 0.717) is 11.4 Å². The number of hydrogen-bond donors (Lipinski definition) is 0. The van der Waals surface area contributed by atoms with Gasteiger partial charge in [0.15, 0.2) is 0 Å². The van der Waals surface area contributed by atoms with Crippen molar-refractivity contribution in [2.45, 2.75) is 36.8 Å².